The molecule has 1 saturated heterocycles. The van der Waals surface area contributed by atoms with Crippen LogP contribution in [0.4, 0.5) is 9.18 Å². The molecule has 0 unspecified atom stereocenters. The van der Waals surface area contributed by atoms with Crippen molar-refractivity contribution in [2.45, 2.75) is 12.1 Å². The highest BCUT2D eigenvalue weighted by Crippen LogP contribution is 2.36. The Morgan fingerprint density at radius 3 is 2.48 bits per heavy atom. The molecule has 1 aliphatic rings. The summed E-state index contributed by atoms with van der Waals surface area (Å²) in [5, 5.41) is 2.79. The molecule has 1 fully saturated rings. The van der Waals surface area contributed by atoms with Gasteiger partial charge in [0, 0.05) is 5.56 Å². The van der Waals surface area contributed by atoms with Crippen LogP contribution in [-0.4, -0.2) is 11.1 Å². The van der Waals surface area contributed by atoms with Gasteiger partial charge in [0.15, 0.2) is 6.10 Å². The number of halogens is 1. The van der Waals surface area contributed by atoms with Crippen molar-refractivity contribution in [3.63, 3.8) is 0 Å². The number of alkyl carbamates (subject to hydrolysis) is 1. The normalized spacial score (nSPS) is 19.3. The minimum Gasteiger partial charge on any atom is -0.439 e. The number of carbonyl (C=O) groups is 1. The number of pyridine rings is 1. The Kier molecular flexibility index (Phi) is 3.90. The number of carbonyl (C=O) groups excluding carboxylic acids is 1. The molecule has 0 saturated carbocycles. The lowest BCUT2D eigenvalue weighted by Crippen LogP contribution is -2.20. The molecule has 1 aromatic heterocycles. The first-order chi connectivity index (χ1) is 12.2. The number of amides is 1. The maximum atomic E-state index is 14.1. The van der Waals surface area contributed by atoms with E-state index in [2.05, 4.69) is 10.3 Å². The Balaban J connectivity index is 1.73. The van der Waals surface area contributed by atoms with Crippen LogP contribution in [0.3, 0.4) is 0 Å². The van der Waals surface area contributed by atoms with Gasteiger partial charge in [0.05, 0.1) is 11.4 Å². The third-order valence-electron chi connectivity index (χ3n) is 4.18. The Morgan fingerprint density at radius 2 is 1.68 bits per heavy atom. The summed E-state index contributed by atoms with van der Waals surface area (Å²) in [6.07, 6.45) is -0.964. The molecular formula is C20H15FN2O2. The third kappa shape index (κ3) is 2.96. The van der Waals surface area contributed by atoms with Gasteiger partial charge < -0.3 is 10.1 Å². The molecule has 124 valence electrons. The number of aromatic nitrogens is 1. The quantitative estimate of drug-likeness (QED) is 0.772. The summed E-state index contributed by atoms with van der Waals surface area (Å²) in [7, 11) is 0. The van der Waals surface area contributed by atoms with E-state index in [1.807, 2.05) is 30.3 Å². The second kappa shape index (κ2) is 6.36. The Morgan fingerprint density at radius 1 is 0.920 bits per heavy atom. The fourth-order valence-electron chi connectivity index (χ4n) is 3.00. The van der Waals surface area contributed by atoms with Crippen LogP contribution in [0, 0.1) is 5.82 Å². The van der Waals surface area contributed by atoms with Gasteiger partial charge in [-0.2, -0.15) is 0 Å². The molecule has 1 aliphatic heterocycles. The number of ether oxygens (including phenoxy) is 1. The molecule has 0 radical (unpaired) electrons. The van der Waals surface area contributed by atoms with Gasteiger partial charge in [-0.25, -0.2) is 9.18 Å². The summed E-state index contributed by atoms with van der Waals surface area (Å²) >= 11 is 0. The van der Waals surface area contributed by atoms with Crippen molar-refractivity contribution in [2.24, 2.45) is 0 Å². The first-order valence-electron chi connectivity index (χ1n) is 7.96. The second-order valence-corrected chi connectivity index (χ2v) is 5.79. The maximum absolute atomic E-state index is 14.1. The topological polar surface area (TPSA) is 51.2 Å². The summed E-state index contributed by atoms with van der Waals surface area (Å²) in [5.74, 6) is -0.335. The summed E-state index contributed by atoms with van der Waals surface area (Å²) in [6.45, 7) is 0. The van der Waals surface area contributed by atoms with E-state index in [0.717, 1.165) is 5.56 Å². The zero-order valence-electron chi connectivity index (χ0n) is 13.2. The summed E-state index contributed by atoms with van der Waals surface area (Å²) in [5.41, 5.74) is 2.44. The summed E-state index contributed by atoms with van der Waals surface area (Å²) < 4.78 is 19.5. The highest BCUT2D eigenvalue weighted by atomic mass is 19.1. The minimum absolute atomic E-state index is 0.335. The Bertz CT molecular complexity index is 914. The van der Waals surface area contributed by atoms with E-state index in [0.29, 0.717) is 17.0 Å². The van der Waals surface area contributed by atoms with Crippen molar-refractivity contribution in [1.29, 1.82) is 0 Å². The minimum atomic E-state index is -0.489. The molecule has 0 bridgehead atoms. The zero-order chi connectivity index (χ0) is 17.2. The molecule has 0 spiro atoms. The number of nitrogens with zero attached hydrogens (tertiary/aromatic N) is 1. The van der Waals surface area contributed by atoms with Gasteiger partial charge in [-0.3, -0.25) is 4.98 Å². The van der Waals surface area contributed by atoms with Crippen LogP contribution < -0.4 is 5.32 Å². The van der Waals surface area contributed by atoms with Gasteiger partial charge in [0.25, 0.3) is 0 Å². The van der Waals surface area contributed by atoms with Crippen molar-refractivity contribution in [3.05, 3.63) is 89.9 Å². The zero-order valence-corrected chi connectivity index (χ0v) is 13.2. The smallest absolute Gasteiger partial charge is 0.408 e. The van der Waals surface area contributed by atoms with Crippen molar-refractivity contribution in [3.8, 4) is 11.3 Å². The number of rotatable bonds is 3. The Hall–Kier alpha value is -3.21. The third-order valence-corrected chi connectivity index (χ3v) is 4.18. The molecular weight excluding hydrogens is 319 g/mol. The maximum Gasteiger partial charge on any atom is 0.408 e. The van der Waals surface area contributed by atoms with Crippen molar-refractivity contribution in [1.82, 2.24) is 10.3 Å². The SMILES string of the molecule is O=C1N[C@@H](c2cccc(-c3ccccc3F)n2)[C@H](c2ccccc2)O1. The van der Waals surface area contributed by atoms with Crippen LogP contribution in [0.1, 0.15) is 23.4 Å². The molecule has 25 heavy (non-hydrogen) atoms. The number of hydrogen-bond donors (Lipinski definition) is 1. The highest BCUT2D eigenvalue weighted by molar-refractivity contribution is 5.71. The number of cyclic esters (lactones) is 1. The van der Waals surface area contributed by atoms with Crippen LogP contribution >= 0.6 is 0 Å². The molecule has 3 aromatic rings. The van der Waals surface area contributed by atoms with E-state index in [1.54, 1.807) is 36.4 Å². The van der Waals surface area contributed by atoms with Crippen LogP contribution in [0.25, 0.3) is 11.3 Å². The van der Waals surface area contributed by atoms with Crippen LogP contribution in [0.5, 0.6) is 0 Å². The van der Waals surface area contributed by atoms with Crippen LogP contribution in [0.2, 0.25) is 0 Å². The molecule has 5 heteroatoms. The van der Waals surface area contributed by atoms with Gasteiger partial charge in [0.1, 0.15) is 11.9 Å². The number of hydrogen-bond acceptors (Lipinski definition) is 3. The molecule has 0 aliphatic carbocycles. The molecule has 4 rings (SSSR count). The number of benzene rings is 2. The molecule has 1 amide bonds. The summed E-state index contributed by atoms with van der Waals surface area (Å²) in [4.78, 5) is 16.4. The van der Waals surface area contributed by atoms with Gasteiger partial charge in [-0.05, 0) is 29.8 Å². The van der Waals surface area contributed by atoms with E-state index in [1.165, 1.54) is 6.07 Å². The van der Waals surface area contributed by atoms with E-state index in [-0.39, 0.29) is 5.82 Å². The van der Waals surface area contributed by atoms with Crippen LogP contribution in [-0.2, 0) is 4.74 Å². The molecule has 2 aromatic carbocycles. The predicted octanol–water partition coefficient (Wildman–Crippen LogP) is 4.41. The lowest BCUT2D eigenvalue weighted by atomic mass is 9.99. The van der Waals surface area contributed by atoms with Crippen molar-refractivity contribution >= 4 is 6.09 Å². The van der Waals surface area contributed by atoms with Crippen LogP contribution in [0.15, 0.2) is 72.8 Å². The monoisotopic (exact) mass is 334 g/mol. The largest absolute Gasteiger partial charge is 0.439 e. The first kappa shape index (κ1) is 15.3. The molecule has 2 heterocycles. The van der Waals surface area contributed by atoms with Gasteiger partial charge in [-0.1, -0.05) is 48.5 Å². The Labute approximate surface area is 144 Å². The molecule has 1 N–H and O–H groups in total. The van der Waals surface area contributed by atoms with Gasteiger partial charge >= 0.3 is 6.09 Å². The molecule has 4 nitrogen and oxygen atoms in total. The number of nitrogens with one attached hydrogen (secondary N) is 1. The van der Waals surface area contributed by atoms with Crippen molar-refractivity contribution in [2.75, 3.05) is 0 Å². The first-order valence-corrected chi connectivity index (χ1v) is 7.96. The summed E-state index contributed by atoms with van der Waals surface area (Å²) in [6, 6.07) is 20.9. The van der Waals surface area contributed by atoms with E-state index in [9.17, 15) is 9.18 Å². The van der Waals surface area contributed by atoms with E-state index >= 15 is 0 Å². The fraction of sp³-hybridized carbons (Fsp3) is 0.100. The van der Waals surface area contributed by atoms with E-state index in [4.69, 9.17) is 4.74 Å². The predicted molar refractivity (Wildman–Crippen MR) is 91.2 cm³/mol. The van der Waals surface area contributed by atoms with E-state index < -0.39 is 18.2 Å². The standard InChI is InChI=1S/C20H15FN2O2/c21-15-10-5-4-9-14(15)16-11-6-12-17(22-16)18-19(25-20(24)23-18)13-7-2-1-3-8-13/h1-12,18-19H,(H,23,24)/t18-,19-/m0/s1. The van der Waals surface area contributed by atoms with Crippen molar-refractivity contribution < 1.29 is 13.9 Å². The lowest BCUT2D eigenvalue weighted by Gasteiger charge is -2.17. The van der Waals surface area contributed by atoms with Gasteiger partial charge in [-0.15, -0.1) is 0 Å². The lowest BCUT2D eigenvalue weighted by molar-refractivity contribution is 0.132. The highest BCUT2D eigenvalue weighted by Gasteiger charge is 2.37. The average Bonchev–Trinajstić information content (AvgIpc) is 3.05. The van der Waals surface area contributed by atoms with Gasteiger partial charge in [0.2, 0.25) is 0 Å². The second-order valence-electron chi connectivity index (χ2n) is 5.79. The average molecular weight is 334 g/mol. The molecule has 2 atom stereocenters. The fourth-order valence-corrected chi connectivity index (χ4v) is 3.00.